The van der Waals surface area contributed by atoms with E-state index in [9.17, 15) is 4.79 Å². The summed E-state index contributed by atoms with van der Waals surface area (Å²) in [6.45, 7) is 0. The quantitative estimate of drug-likeness (QED) is 0.372. The van der Waals surface area contributed by atoms with Gasteiger partial charge in [0.1, 0.15) is 0 Å². The molecule has 0 aliphatic heterocycles. The fraction of sp³-hybridized carbons (Fsp3) is 0.0714. The third-order valence-electron chi connectivity index (χ3n) is 3.27. The van der Waals surface area contributed by atoms with Gasteiger partial charge in [-0.2, -0.15) is 0 Å². The van der Waals surface area contributed by atoms with Crippen molar-refractivity contribution in [3.05, 3.63) is 58.7 Å². The summed E-state index contributed by atoms with van der Waals surface area (Å²) in [5.41, 5.74) is 12.5. The highest BCUT2D eigenvalue weighted by atomic mass is 17.2. The minimum Gasteiger partial charge on any atom is -0.399 e. The number of benzene rings is 2. The van der Waals surface area contributed by atoms with Gasteiger partial charge >= 0.3 is 0 Å². The van der Waals surface area contributed by atoms with Crippen LogP contribution in [0.25, 0.3) is 0 Å². The molecule has 3 rings (SSSR count). The lowest BCUT2D eigenvalue weighted by Crippen LogP contribution is -2.15. The molecule has 1 aliphatic carbocycles. The van der Waals surface area contributed by atoms with E-state index in [1.807, 2.05) is 6.07 Å². The largest absolute Gasteiger partial charge is 0.399 e. The predicted octanol–water partition coefficient (Wildman–Crippen LogP) is 2.22. The summed E-state index contributed by atoms with van der Waals surface area (Å²) in [5, 5.41) is 8.38. The first-order valence-corrected chi connectivity index (χ1v) is 5.81. The Morgan fingerprint density at radius 2 is 1.79 bits per heavy atom. The number of nitrogens with two attached hydrogens (primary N) is 1. The van der Waals surface area contributed by atoms with Gasteiger partial charge in [-0.1, -0.05) is 0 Å². The molecule has 5 heteroatoms. The maximum Gasteiger partial charge on any atom is 0.193 e. The summed E-state index contributed by atoms with van der Waals surface area (Å²) in [4.78, 5) is 16.2. The molecule has 0 bridgehead atoms. The minimum absolute atomic E-state index is 0.00674. The van der Waals surface area contributed by atoms with E-state index in [0.29, 0.717) is 28.9 Å². The van der Waals surface area contributed by atoms with Crippen LogP contribution in [0.5, 0.6) is 0 Å². The smallest absolute Gasteiger partial charge is 0.193 e. The van der Waals surface area contributed by atoms with E-state index < -0.39 is 0 Å². The maximum atomic E-state index is 12.3. The number of carbonyl (C=O) groups excluding carboxylic acids is 1. The number of rotatable bonds is 2. The van der Waals surface area contributed by atoms with Crippen LogP contribution in [0, 0.1) is 0 Å². The molecule has 0 fully saturated rings. The van der Waals surface area contributed by atoms with Crippen molar-refractivity contribution >= 4 is 17.2 Å². The van der Waals surface area contributed by atoms with E-state index in [4.69, 9.17) is 11.0 Å². The molecular weight excluding hydrogens is 244 g/mol. The molecule has 0 spiro atoms. The fourth-order valence-corrected chi connectivity index (χ4v) is 2.41. The van der Waals surface area contributed by atoms with Gasteiger partial charge < -0.3 is 5.73 Å². The van der Waals surface area contributed by atoms with Crippen LogP contribution in [0.2, 0.25) is 0 Å². The molecule has 2 aromatic rings. The van der Waals surface area contributed by atoms with Crippen LogP contribution in [0.4, 0.5) is 11.4 Å². The van der Waals surface area contributed by atoms with Crippen molar-refractivity contribution in [2.45, 2.75) is 6.42 Å². The molecular formula is C14H12N2O3. The average Bonchev–Trinajstić information content (AvgIpc) is 2.38. The second-order valence-electron chi connectivity index (χ2n) is 4.49. The van der Waals surface area contributed by atoms with E-state index in [0.717, 1.165) is 11.1 Å². The average molecular weight is 256 g/mol. The monoisotopic (exact) mass is 256 g/mol. The highest BCUT2D eigenvalue weighted by Gasteiger charge is 2.23. The molecule has 19 heavy (non-hydrogen) atoms. The molecule has 0 amide bonds. The van der Waals surface area contributed by atoms with Crippen molar-refractivity contribution in [2.24, 2.45) is 0 Å². The zero-order valence-corrected chi connectivity index (χ0v) is 10.0. The highest BCUT2D eigenvalue weighted by molar-refractivity contribution is 6.12. The normalized spacial score (nSPS) is 12.8. The molecule has 4 N–H and O–H groups in total. The Morgan fingerprint density at radius 3 is 2.53 bits per heavy atom. The van der Waals surface area contributed by atoms with E-state index in [-0.39, 0.29) is 5.78 Å². The van der Waals surface area contributed by atoms with E-state index in [1.54, 1.807) is 30.3 Å². The van der Waals surface area contributed by atoms with Crippen LogP contribution < -0.4 is 11.2 Å². The Balaban J connectivity index is 2.08. The summed E-state index contributed by atoms with van der Waals surface area (Å²) in [5.74, 6) is -0.00674. The summed E-state index contributed by atoms with van der Waals surface area (Å²) < 4.78 is 0. The Kier molecular flexibility index (Phi) is 2.70. The van der Waals surface area contributed by atoms with E-state index >= 15 is 0 Å². The van der Waals surface area contributed by atoms with E-state index in [1.165, 1.54) is 0 Å². The number of anilines is 2. The van der Waals surface area contributed by atoms with Crippen molar-refractivity contribution in [3.63, 3.8) is 0 Å². The Bertz CT molecular complexity index is 668. The van der Waals surface area contributed by atoms with Crippen LogP contribution in [-0.4, -0.2) is 11.0 Å². The van der Waals surface area contributed by atoms with Crippen LogP contribution in [0.1, 0.15) is 27.0 Å². The lowest BCUT2D eigenvalue weighted by molar-refractivity contribution is -0.215. The zero-order valence-electron chi connectivity index (χ0n) is 10.0. The lowest BCUT2D eigenvalue weighted by Gasteiger charge is -2.19. The second-order valence-corrected chi connectivity index (χ2v) is 4.49. The van der Waals surface area contributed by atoms with Gasteiger partial charge in [0.25, 0.3) is 0 Å². The molecule has 0 aromatic heterocycles. The zero-order chi connectivity index (χ0) is 13.4. The Morgan fingerprint density at radius 1 is 1.11 bits per heavy atom. The number of carbonyl (C=O) groups is 1. The summed E-state index contributed by atoms with van der Waals surface area (Å²) in [6.07, 6.45) is 0.627. The number of nitrogen functional groups attached to an aromatic ring is 1. The molecule has 0 radical (unpaired) electrons. The SMILES string of the molecule is Nc1ccc2c(c1)Cc1cc(NOO)ccc1C2=O. The lowest BCUT2D eigenvalue weighted by atomic mass is 9.84. The van der Waals surface area contributed by atoms with Crippen LogP contribution in [0.3, 0.4) is 0 Å². The maximum absolute atomic E-state index is 12.3. The Hall–Kier alpha value is -2.37. The Labute approximate surface area is 109 Å². The van der Waals surface area contributed by atoms with Crippen LogP contribution in [-0.2, 0) is 11.4 Å². The minimum atomic E-state index is -0.00674. The van der Waals surface area contributed by atoms with Crippen molar-refractivity contribution < 1.29 is 15.0 Å². The second kappa shape index (κ2) is 4.38. The van der Waals surface area contributed by atoms with Crippen molar-refractivity contribution in [1.82, 2.24) is 0 Å². The topological polar surface area (TPSA) is 84.6 Å². The van der Waals surface area contributed by atoms with Gasteiger partial charge in [-0.3, -0.25) is 4.79 Å². The molecule has 2 aromatic carbocycles. The van der Waals surface area contributed by atoms with Crippen LogP contribution >= 0.6 is 0 Å². The number of fused-ring (bicyclic) bond motifs is 2. The van der Waals surface area contributed by atoms with Gasteiger partial charge in [0, 0.05) is 16.8 Å². The van der Waals surface area contributed by atoms with Crippen molar-refractivity contribution in [3.8, 4) is 0 Å². The molecule has 0 saturated carbocycles. The summed E-state index contributed by atoms with van der Waals surface area (Å²) in [6, 6.07) is 10.5. The third-order valence-corrected chi connectivity index (χ3v) is 3.27. The van der Waals surface area contributed by atoms with Crippen LogP contribution in [0.15, 0.2) is 36.4 Å². The van der Waals surface area contributed by atoms with Crippen molar-refractivity contribution in [1.29, 1.82) is 0 Å². The van der Waals surface area contributed by atoms with Gasteiger partial charge in [-0.05, 0) is 53.9 Å². The molecule has 0 atom stereocenters. The highest BCUT2D eigenvalue weighted by Crippen LogP contribution is 2.30. The molecule has 5 nitrogen and oxygen atoms in total. The number of ketones is 1. The number of hydrogen-bond acceptors (Lipinski definition) is 5. The fourth-order valence-electron chi connectivity index (χ4n) is 2.41. The van der Waals surface area contributed by atoms with Gasteiger partial charge in [-0.25, -0.2) is 10.7 Å². The first-order valence-electron chi connectivity index (χ1n) is 5.81. The molecule has 0 saturated heterocycles. The van der Waals surface area contributed by atoms with Crippen molar-refractivity contribution in [2.75, 3.05) is 11.2 Å². The third kappa shape index (κ3) is 1.95. The van der Waals surface area contributed by atoms with E-state index in [2.05, 4.69) is 10.5 Å². The van der Waals surface area contributed by atoms with Gasteiger partial charge in [0.15, 0.2) is 5.78 Å². The molecule has 1 aliphatic rings. The first-order chi connectivity index (χ1) is 9.19. The van der Waals surface area contributed by atoms with Gasteiger partial charge in [0.05, 0.1) is 5.69 Å². The molecule has 0 heterocycles. The molecule has 0 unspecified atom stereocenters. The number of nitrogens with one attached hydrogen (secondary N) is 1. The molecule has 96 valence electrons. The first kappa shape index (κ1) is 11.7. The summed E-state index contributed by atoms with van der Waals surface area (Å²) in [7, 11) is 0. The van der Waals surface area contributed by atoms with Gasteiger partial charge in [-0.15, -0.1) is 4.99 Å². The number of hydrogen-bond donors (Lipinski definition) is 3. The summed E-state index contributed by atoms with van der Waals surface area (Å²) >= 11 is 0. The predicted molar refractivity (Wildman–Crippen MR) is 70.9 cm³/mol. The standard InChI is InChI=1S/C14H12N2O3/c15-10-1-3-12-8(6-10)5-9-7-11(16-19-18)2-4-13(9)14(12)17/h1-4,6-7,16,18H,5,15H2. The van der Waals surface area contributed by atoms with Gasteiger partial charge in [0.2, 0.25) is 0 Å².